The third-order valence-corrected chi connectivity index (χ3v) is 7.01. The first-order valence-electron chi connectivity index (χ1n) is 12.0. The van der Waals surface area contributed by atoms with Crippen LogP contribution in [0.5, 0.6) is 5.75 Å². The van der Waals surface area contributed by atoms with Crippen LogP contribution in [0.4, 0.5) is 0 Å². The second-order valence-corrected chi connectivity index (χ2v) is 9.10. The Morgan fingerprint density at radius 1 is 1.00 bits per heavy atom. The van der Waals surface area contributed by atoms with Crippen LogP contribution < -0.4 is 4.74 Å². The lowest BCUT2D eigenvalue weighted by Gasteiger charge is -2.35. The van der Waals surface area contributed by atoms with Gasteiger partial charge in [0.05, 0.1) is 12.7 Å². The highest BCUT2D eigenvalue weighted by Crippen LogP contribution is 2.30. The number of nitrogens with zero attached hydrogens (tertiary/aromatic N) is 2. The van der Waals surface area contributed by atoms with Gasteiger partial charge in [-0.15, -0.1) is 0 Å². The number of carbonyl (C=O) groups excluding carboxylic acids is 3. The van der Waals surface area contributed by atoms with Gasteiger partial charge in [-0.25, -0.2) is 4.79 Å². The molecule has 5 rings (SSSR count). The molecule has 2 amide bonds. The van der Waals surface area contributed by atoms with Crippen LogP contribution in [-0.4, -0.2) is 65.9 Å². The molecule has 0 spiro atoms. The number of carbonyl (C=O) groups is 3. The Labute approximate surface area is 203 Å². The second kappa shape index (κ2) is 9.82. The summed E-state index contributed by atoms with van der Waals surface area (Å²) < 4.78 is 10.4. The lowest BCUT2D eigenvalue weighted by atomic mass is 9.93. The van der Waals surface area contributed by atoms with Crippen molar-refractivity contribution < 1.29 is 23.9 Å². The zero-order valence-corrected chi connectivity index (χ0v) is 19.8. The van der Waals surface area contributed by atoms with E-state index in [1.807, 2.05) is 47.4 Å². The molecular formula is C27H29N3O5. The largest absolute Gasteiger partial charge is 0.484 e. The maximum absolute atomic E-state index is 13.3. The summed E-state index contributed by atoms with van der Waals surface area (Å²) in [5, 5.41) is 0.958. The highest BCUT2D eigenvalue weighted by atomic mass is 16.5. The summed E-state index contributed by atoms with van der Waals surface area (Å²) in [7, 11) is 1.37. The normalized spacial score (nSPS) is 16.1. The van der Waals surface area contributed by atoms with Gasteiger partial charge >= 0.3 is 5.97 Å². The molecule has 8 nitrogen and oxygen atoms in total. The summed E-state index contributed by atoms with van der Waals surface area (Å²) in [5.74, 6) is 0.295. The van der Waals surface area contributed by atoms with Gasteiger partial charge in [0.15, 0.2) is 6.61 Å². The Morgan fingerprint density at radius 2 is 1.77 bits per heavy atom. The third kappa shape index (κ3) is 4.73. The number of hydrogen-bond donors (Lipinski definition) is 1. The first kappa shape index (κ1) is 23.0. The molecule has 2 aliphatic rings. The van der Waals surface area contributed by atoms with E-state index in [1.165, 1.54) is 7.11 Å². The molecule has 1 N–H and O–H groups in total. The summed E-state index contributed by atoms with van der Waals surface area (Å²) >= 11 is 0. The fraction of sp³-hybridized carbons (Fsp3) is 0.370. The van der Waals surface area contributed by atoms with Gasteiger partial charge in [0.1, 0.15) is 5.75 Å². The van der Waals surface area contributed by atoms with Crippen LogP contribution in [0, 0.1) is 5.92 Å². The molecule has 0 radical (unpaired) electrons. The first-order chi connectivity index (χ1) is 17.0. The number of hydrogen-bond acceptors (Lipinski definition) is 5. The van der Waals surface area contributed by atoms with E-state index in [4.69, 9.17) is 9.47 Å². The first-order valence-corrected chi connectivity index (χ1v) is 12.0. The highest BCUT2D eigenvalue weighted by Gasteiger charge is 2.32. The number of nitrogens with one attached hydrogen (secondary N) is 1. The molecule has 1 aromatic heterocycles. The lowest BCUT2D eigenvalue weighted by Crippen LogP contribution is -2.46. The molecule has 0 atom stereocenters. The van der Waals surface area contributed by atoms with Crippen molar-refractivity contribution in [3.8, 4) is 5.75 Å². The number of para-hydroxylation sites is 1. The van der Waals surface area contributed by atoms with E-state index in [0.29, 0.717) is 50.3 Å². The van der Waals surface area contributed by atoms with Crippen LogP contribution in [0.3, 0.4) is 0 Å². The van der Waals surface area contributed by atoms with Gasteiger partial charge in [0.2, 0.25) is 5.91 Å². The number of fused-ring (bicyclic) bond motifs is 3. The zero-order valence-electron chi connectivity index (χ0n) is 19.8. The van der Waals surface area contributed by atoms with E-state index in [-0.39, 0.29) is 30.3 Å². The third-order valence-electron chi connectivity index (χ3n) is 7.01. The second-order valence-electron chi connectivity index (χ2n) is 9.10. The van der Waals surface area contributed by atoms with Crippen LogP contribution in [0.2, 0.25) is 0 Å². The van der Waals surface area contributed by atoms with Gasteiger partial charge in [-0.1, -0.05) is 18.2 Å². The molecule has 182 valence electrons. The quantitative estimate of drug-likeness (QED) is 0.573. The van der Waals surface area contributed by atoms with E-state index in [1.54, 1.807) is 11.0 Å². The molecule has 2 aliphatic heterocycles. The Balaban J connectivity index is 1.19. The van der Waals surface area contributed by atoms with Crippen molar-refractivity contribution >= 4 is 28.7 Å². The summed E-state index contributed by atoms with van der Waals surface area (Å²) in [6.07, 6.45) is 2.05. The van der Waals surface area contributed by atoms with Crippen molar-refractivity contribution in [3.63, 3.8) is 0 Å². The number of aromatic nitrogens is 1. The Kier molecular flexibility index (Phi) is 6.44. The molecule has 3 aromatic rings. The van der Waals surface area contributed by atoms with Crippen molar-refractivity contribution in [3.05, 3.63) is 65.4 Å². The summed E-state index contributed by atoms with van der Waals surface area (Å²) in [5.41, 5.74) is 3.64. The number of piperidine rings is 1. The van der Waals surface area contributed by atoms with Crippen LogP contribution >= 0.6 is 0 Å². The van der Waals surface area contributed by atoms with Crippen molar-refractivity contribution in [1.82, 2.24) is 14.8 Å². The van der Waals surface area contributed by atoms with Gasteiger partial charge in [0.25, 0.3) is 5.91 Å². The minimum Gasteiger partial charge on any atom is -0.484 e. The fourth-order valence-electron chi connectivity index (χ4n) is 5.03. The predicted molar refractivity (Wildman–Crippen MR) is 130 cm³/mol. The van der Waals surface area contributed by atoms with Crippen LogP contribution in [0.25, 0.3) is 10.9 Å². The number of aromatic amines is 1. The van der Waals surface area contributed by atoms with Crippen molar-refractivity contribution in [1.29, 1.82) is 0 Å². The maximum Gasteiger partial charge on any atom is 0.337 e. The average Bonchev–Trinajstić information content (AvgIpc) is 3.28. The lowest BCUT2D eigenvalue weighted by molar-refractivity contribution is -0.142. The number of methoxy groups -OCH3 is 1. The van der Waals surface area contributed by atoms with Crippen molar-refractivity contribution in [2.24, 2.45) is 5.92 Å². The number of rotatable bonds is 5. The molecule has 1 saturated heterocycles. The smallest absolute Gasteiger partial charge is 0.337 e. The monoisotopic (exact) mass is 475 g/mol. The fourth-order valence-corrected chi connectivity index (χ4v) is 5.03. The number of esters is 1. The van der Waals surface area contributed by atoms with Crippen molar-refractivity contribution in [2.45, 2.75) is 25.8 Å². The molecular weight excluding hydrogens is 446 g/mol. The number of ether oxygens (including phenoxy) is 2. The van der Waals surface area contributed by atoms with Crippen molar-refractivity contribution in [2.75, 3.05) is 33.4 Å². The number of H-pyrrole nitrogens is 1. The average molecular weight is 476 g/mol. The minimum atomic E-state index is -0.374. The number of likely N-dealkylation sites (tertiary alicyclic amines) is 1. The van der Waals surface area contributed by atoms with E-state index in [9.17, 15) is 14.4 Å². The number of amides is 2. The highest BCUT2D eigenvalue weighted by molar-refractivity contribution is 5.96. The van der Waals surface area contributed by atoms with Gasteiger partial charge in [-0.05, 0) is 43.2 Å². The predicted octanol–water partition coefficient (Wildman–Crippen LogP) is 3.16. The van der Waals surface area contributed by atoms with Gasteiger partial charge in [-0.3, -0.25) is 9.59 Å². The van der Waals surface area contributed by atoms with Crippen LogP contribution in [0.1, 0.15) is 34.5 Å². The van der Waals surface area contributed by atoms with Gasteiger partial charge in [0, 0.05) is 60.7 Å². The topological polar surface area (TPSA) is 91.9 Å². The van der Waals surface area contributed by atoms with E-state index in [0.717, 1.165) is 28.6 Å². The molecule has 0 saturated carbocycles. The summed E-state index contributed by atoms with van der Waals surface area (Å²) in [6, 6.07) is 14.8. The molecule has 8 heteroatoms. The molecule has 35 heavy (non-hydrogen) atoms. The van der Waals surface area contributed by atoms with E-state index in [2.05, 4.69) is 4.98 Å². The standard InChI is InChI=1S/C27H29N3O5/c1-34-27(33)19-7-8-23-21(15-19)22-16-30(14-11-24(22)28-23)26(32)18-9-12-29(13-10-18)25(31)17-35-20-5-3-2-4-6-20/h2-8,15,18,28H,9-14,16-17H2,1H3. The van der Waals surface area contributed by atoms with E-state index < -0.39 is 0 Å². The van der Waals surface area contributed by atoms with Gasteiger partial charge < -0.3 is 24.3 Å². The maximum atomic E-state index is 13.3. The van der Waals surface area contributed by atoms with Gasteiger partial charge in [-0.2, -0.15) is 0 Å². The molecule has 3 heterocycles. The Bertz CT molecular complexity index is 1240. The summed E-state index contributed by atoms with van der Waals surface area (Å²) in [6.45, 7) is 2.30. The number of benzene rings is 2. The Hall–Kier alpha value is -3.81. The summed E-state index contributed by atoms with van der Waals surface area (Å²) in [4.78, 5) is 45.0. The Morgan fingerprint density at radius 3 is 2.51 bits per heavy atom. The van der Waals surface area contributed by atoms with E-state index >= 15 is 0 Å². The molecule has 1 fully saturated rings. The molecule has 2 aromatic carbocycles. The molecule has 0 unspecified atom stereocenters. The zero-order chi connectivity index (χ0) is 24.4. The van der Waals surface area contributed by atoms with Crippen LogP contribution in [0.15, 0.2) is 48.5 Å². The van der Waals surface area contributed by atoms with Crippen LogP contribution in [-0.2, 0) is 27.3 Å². The SMILES string of the molecule is COC(=O)c1ccc2[nH]c3c(c2c1)CN(C(=O)C1CCN(C(=O)COc2ccccc2)CC1)CC3. The molecule has 0 bridgehead atoms. The minimum absolute atomic E-state index is 0.00561. The molecule has 0 aliphatic carbocycles.